The Hall–Kier alpha value is -4.18. The quantitative estimate of drug-likeness (QED) is 0.165. The highest BCUT2D eigenvalue weighted by atomic mass is 16.6. The summed E-state index contributed by atoms with van der Waals surface area (Å²) in [5.41, 5.74) is 2.72. The second-order valence-electron chi connectivity index (χ2n) is 9.02. The van der Waals surface area contributed by atoms with Gasteiger partial charge in [-0.25, -0.2) is 9.59 Å². The Morgan fingerprint density at radius 1 is 0.974 bits per heavy atom. The van der Waals surface area contributed by atoms with Gasteiger partial charge in [-0.05, 0) is 56.9 Å². The van der Waals surface area contributed by atoms with E-state index in [-0.39, 0.29) is 36.7 Å². The molecule has 0 spiro atoms. The van der Waals surface area contributed by atoms with Crippen molar-refractivity contribution >= 4 is 17.6 Å². The average Bonchev–Trinajstić information content (AvgIpc) is 2.92. The van der Waals surface area contributed by atoms with Crippen LogP contribution in [0.25, 0.3) is 0 Å². The van der Waals surface area contributed by atoms with Gasteiger partial charge < -0.3 is 24.6 Å². The minimum absolute atomic E-state index is 0.0727. The number of rotatable bonds is 13. The molecule has 1 unspecified atom stereocenters. The van der Waals surface area contributed by atoms with Crippen LogP contribution in [-0.4, -0.2) is 48.4 Å². The predicted molar refractivity (Wildman–Crippen MR) is 144 cm³/mol. The van der Waals surface area contributed by atoms with Crippen molar-refractivity contribution in [2.24, 2.45) is 0 Å². The number of carbonyl (C=O) groups is 2. The summed E-state index contributed by atoms with van der Waals surface area (Å²) in [5, 5.41) is 23.4. The van der Waals surface area contributed by atoms with E-state index in [1.807, 2.05) is 24.3 Å². The normalized spacial score (nSPS) is 15.0. The molecule has 10 heteroatoms. The van der Waals surface area contributed by atoms with Gasteiger partial charge in [-0.3, -0.25) is 10.1 Å². The Bertz CT molecular complexity index is 1250. The van der Waals surface area contributed by atoms with E-state index in [9.17, 15) is 19.7 Å². The van der Waals surface area contributed by atoms with Crippen molar-refractivity contribution in [3.05, 3.63) is 92.3 Å². The molecule has 1 atom stereocenters. The van der Waals surface area contributed by atoms with Crippen LogP contribution in [-0.2, 0) is 25.5 Å². The molecule has 1 aliphatic rings. The molecule has 2 aromatic carbocycles. The molecule has 2 aromatic rings. The van der Waals surface area contributed by atoms with Gasteiger partial charge in [0, 0.05) is 36.6 Å². The summed E-state index contributed by atoms with van der Waals surface area (Å²) in [6, 6.07) is 13.5. The first-order valence-corrected chi connectivity index (χ1v) is 12.9. The monoisotopic (exact) mass is 538 g/mol. The lowest BCUT2D eigenvalue weighted by molar-refractivity contribution is -0.384. The Labute approximate surface area is 227 Å². The van der Waals surface area contributed by atoms with Gasteiger partial charge in [0.25, 0.3) is 5.69 Å². The molecule has 0 saturated heterocycles. The molecular formula is C29H34N2O8. The molecule has 0 saturated carbocycles. The smallest absolute Gasteiger partial charge is 0.336 e. The van der Waals surface area contributed by atoms with Gasteiger partial charge in [0.2, 0.25) is 0 Å². The van der Waals surface area contributed by atoms with Crippen molar-refractivity contribution in [1.29, 1.82) is 0 Å². The first-order valence-electron chi connectivity index (χ1n) is 12.9. The van der Waals surface area contributed by atoms with Crippen LogP contribution >= 0.6 is 0 Å². The molecule has 1 heterocycles. The highest BCUT2D eigenvalue weighted by molar-refractivity contribution is 6.00. The Balaban J connectivity index is 1.72. The number of aliphatic hydroxyl groups excluding tert-OH is 1. The van der Waals surface area contributed by atoms with Gasteiger partial charge in [0.05, 0.1) is 41.8 Å². The Morgan fingerprint density at radius 2 is 1.64 bits per heavy atom. The molecule has 0 bridgehead atoms. The minimum atomic E-state index is -0.904. The van der Waals surface area contributed by atoms with Gasteiger partial charge in [-0.1, -0.05) is 24.3 Å². The van der Waals surface area contributed by atoms with E-state index >= 15 is 0 Å². The molecule has 0 aromatic heterocycles. The lowest BCUT2D eigenvalue weighted by Gasteiger charge is -2.30. The maximum atomic E-state index is 13.3. The van der Waals surface area contributed by atoms with E-state index in [0.717, 1.165) is 12.0 Å². The van der Waals surface area contributed by atoms with Gasteiger partial charge in [-0.15, -0.1) is 0 Å². The number of aryl methyl sites for hydroxylation is 1. The van der Waals surface area contributed by atoms with E-state index in [0.29, 0.717) is 42.2 Å². The first kappa shape index (κ1) is 29.4. The number of allylic oxidation sites excluding steroid dienone is 2. The number of ether oxygens (including phenoxy) is 3. The Morgan fingerprint density at radius 3 is 2.26 bits per heavy atom. The van der Waals surface area contributed by atoms with Crippen LogP contribution in [0.5, 0.6) is 5.75 Å². The van der Waals surface area contributed by atoms with E-state index in [1.165, 1.54) is 18.2 Å². The van der Waals surface area contributed by atoms with Crippen LogP contribution in [0, 0.1) is 10.1 Å². The number of nitro benzene ring substituents is 1. The number of nitrogens with one attached hydrogen (secondary N) is 1. The lowest BCUT2D eigenvalue weighted by atomic mass is 9.80. The zero-order valence-electron chi connectivity index (χ0n) is 22.4. The summed E-state index contributed by atoms with van der Waals surface area (Å²) >= 11 is 0. The second-order valence-corrected chi connectivity index (χ2v) is 9.02. The predicted octanol–water partition coefficient (Wildman–Crippen LogP) is 4.33. The molecule has 2 N–H and O–H groups in total. The Kier molecular flexibility index (Phi) is 10.6. The largest absolute Gasteiger partial charge is 0.493 e. The molecule has 0 amide bonds. The van der Waals surface area contributed by atoms with Crippen LogP contribution in [0.4, 0.5) is 5.69 Å². The third-order valence-corrected chi connectivity index (χ3v) is 6.23. The fourth-order valence-electron chi connectivity index (χ4n) is 4.42. The van der Waals surface area contributed by atoms with Crippen molar-refractivity contribution in [2.45, 2.75) is 46.0 Å². The van der Waals surface area contributed by atoms with E-state index in [2.05, 4.69) is 5.32 Å². The average molecular weight is 539 g/mol. The van der Waals surface area contributed by atoms with Gasteiger partial charge in [0.1, 0.15) is 5.75 Å². The fourth-order valence-corrected chi connectivity index (χ4v) is 4.42. The van der Waals surface area contributed by atoms with Crippen molar-refractivity contribution in [2.75, 3.05) is 26.4 Å². The molecule has 3 rings (SSSR count). The summed E-state index contributed by atoms with van der Waals surface area (Å²) in [4.78, 5) is 37.2. The summed E-state index contributed by atoms with van der Waals surface area (Å²) in [6.07, 6.45) is 1.93. The number of hydrogen-bond donors (Lipinski definition) is 2. The third kappa shape index (κ3) is 7.67. The number of dihydropyridines is 1. The number of aliphatic hydroxyl groups is 1. The molecular weight excluding hydrogens is 504 g/mol. The van der Waals surface area contributed by atoms with Crippen LogP contribution in [0.2, 0.25) is 0 Å². The number of esters is 2. The molecule has 0 aliphatic carbocycles. The maximum Gasteiger partial charge on any atom is 0.336 e. The van der Waals surface area contributed by atoms with Crippen LogP contribution in [0.1, 0.15) is 50.7 Å². The summed E-state index contributed by atoms with van der Waals surface area (Å²) in [7, 11) is 0. The topological polar surface area (TPSA) is 137 Å². The lowest BCUT2D eigenvalue weighted by Crippen LogP contribution is -2.32. The number of nitrogens with zero attached hydrogens (tertiary/aromatic N) is 1. The minimum Gasteiger partial charge on any atom is -0.493 e. The first-order chi connectivity index (χ1) is 18.8. The standard InChI is InChI=1S/C29H34N2O8/c1-4-37-28(33)25-19(2)30-20(3)26(27(25)22-9-5-10-23(18-22)31(35)36)29(34)39-17-7-16-38-24-13-11-21(12-14-24)8-6-15-32/h5,9-14,18,27,30,32H,4,6-8,15-17H2,1-3H3. The number of benzene rings is 2. The molecule has 208 valence electrons. The molecule has 39 heavy (non-hydrogen) atoms. The third-order valence-electron chi connectivity index (χ3n) is 6.23. The van der Waals surface area contributed by atoms with E-state index in [1.54, 1.807) is 26.8 Å². The number of carbonyl (C=O) groups excluding carboxylic acids is 2. The van der Waals surface area contributed by atoms with Crippen molar-refractivity contribution in [3.8, 4) is 5.75 Å². The van der Waals surface area contributed by atoms with E-state index < -0.39 is 22.8 Å². The van der Waals surface area contributed by atoms with Gasteiger partial charge in [-0.2, -0.15) is 0 Å². The molecule has 1 aliphatic heterocycles. The van der Waals surface area contributed by atoms with Crippen LogP contribution in [0.15, 0.2) is 71.1 Å². The maximum absolute atomic E-state index is 13.3. The molecule has 0 radical (unpaired) electrons. The fraction of sp³-hybridized carbons (Fsp3) is 0.379. The zero-order chi connectivity index (χ0) is 28.4. The molecule has 10 nitrogen and oxygen atoms in total. The van der Waals surface area contributed by atoms with Crippen molar-refractivity contribution < 1.29 is 33.8 Å². The summed E-state index contributed by atoms with van der Waals surface area (Å²) in [5.74, 6) is -1.47. The SMILES string of the molecule is CCOC(=O)C1=C(C)NC(C)=C(C(=O)OCCCOc2ccc(CCCO)cc2)C1c1cccc([N+](=O)[O-])c1. The number of hydrogen-bond acceptors (Lipinski definition) is 9. The van der Waals surface area contributed by atoms with Gasteiger partial charge in [0.15, 0.2) is 0 Å². The summed E-state index contributed by atoms with van der Waals surface area (Å²) < 4.78 is 16.5. The second kappa shape index (κ2) is 14.1. The highest BCUT2D eigenvalue weighted by Crippen LogP contribution is 2.40. The van der Waals surface area contributed by atoms with Crippen molar-refractivity contribution in [3.63, 3.8) is 0 Å². The molecule has 0 fully saturated rings. The van der Waals surface area contributed by atoms with Gasteiger partial charge >= 0.3 is 11.9 Å². The van der Waals surface area contributed by atoms with Crippen LogP contribution in [0.3, 0.4) is 0 Å². The zero-order valence-corrected chi connectivity index (χ0v) is 22.4. The van der Waals surface area contributed by atoms with Crippen molar-refractivity contribution in [1.82, 2.24) is 5.32 Å². The van der Waals surface area contributed by atoms with Crippen LogP contribution < -0.4 is 10.1 Å². The highest BCUT2D eigenvalue weighted by Gasteiger charge is 2.38. The summed E-state index contributed by atoms with van der Waals surface area (Å²) in [6.45, 7) is 5.74. The van der Waals surface area contributed by atoms with E-state index in [4.69, 9.17) is 19.3 Å². The number of non-ortho nitro benzene ring substituents is 1. The number of nitro groups is 1.